The maximum absolute atomic E-state index is 13.2. The van der Waals surface area contributed by atoms with Gasteiger partial charge in [-0.05, 0) is 42.0 Å². The molecule has 0 unspecified atom stereocenters. The van der Waals surface area contributed by atoms with Gasteiger partial charge in [0.25, 0.3) is 17.5 Å². The van der Waals surface area contributed by atoms with Crippen LogP contribution in [-0.2, 0) is 16.2 Å². The van der Waals surface area contributed by atoms with E-state index >= 15 is 0 Å². The Labute approximate surface area is 209 Å². The quantitative estimate of drug-likeness (QED) is 0.216. The van der Waals surface area contributed by atoms with Gasteiger partial charge in [-0.3, -0.25) is 25.0 Å². The number of carbonyl (C=O) groups is 3. The van der Waals surface area contributed by atoms with E-state index in [1.165, 1.54) is 31.4 Å². The Hall–Kier alpha value is -4.70. The summed E-state index contributed by atoms with van der Waals surface area (Å²) in [6, 6.07) is 15.8. The third-order valence-corrected chi connectivity index (χ3v) is 5.44. The van der Waals surface area contributed by atoms with Crippen molar-refractivity contribution in [2.45, 2.75) is 6.61 Å². The SMILES string of the molecule is COc1ccc(/C=C2\C(=O)NC(=O)N(c3cccc([N+](=O)[O-])c3)C2=O)c(OCc2cccc(Cl)c2)c1. The van der Waals surface area contributed by atoms with Crippen molar-refractivity contribution < 1.29 is 28.8 Å². The number of amides is 4. The van der Waals surface area contributed by atoms with Gasteiger partial charge in [-0.15, -0.1) is 0 Å². The summed E-state index contributed by atoms with van der Waals surface area (Å²) >= 11 is 6.03. The summed E-state index contributed by atoms with van der Waals surface area (Å²) in [6.45, 7) is 0.141. The molecule has 1 aliphatic rings. The second-order valence-electron chi connectivity index (χ2n) is 7.56. The van der Waals surface area contributed by atoms with E-state index in [1.54, 1.807) is 36.4 Å². The smallest absolute Gasteiger partial charge is 0.335 e. The number of hydrogen-bond donors (Lipinski definition) is 1. The molecule has 3 aromatic rings. The van der Waals surface area contributed by atoms with E-state index in [4.69, 9.17) is 21.1 Å². The molecule has 1 fully saturated rings. The zero-order valence-corrected chi connectivity index (χ0v) is 19.5. The van der Waals surface area contributed by atoms with Crippen molar-refractivity contribution in [2.75, 3.05) is 12.0 Å². The summed E-state index contributed by atoms with van der Waals surface area (Å²) in [4.78, 5) is 49.4. The molecule has 11 heteroatoms. The molecule has 1 heterocycles. The highest BCUT2D eigenvalue weighted by Crippen LogP contribution is 2.30. The van der Waals surface area contributed by atoms with Gasteiger partial charge in [0, 0.05) is 28.8 Å². The van der Waals surface area contributed by atoms with Crippen molar-refractivity contribution in [3.63, 3.8) is 0 Å². The number of barbiturate groups is 1. The fourth-order valence-electron chi connectivity index (χ4n) is 3.47. The fraction of sp³-hybridized carbons (Fsp3) is 0.0800. The zero-order valence-electron chi connectivity index (χ0n) is 18.8. The Balaban J connectivity index is 1.70. The molecule has 0 spiro atoms. The number of benzene rings is 3. The maximum Gasteiger partial charge on any atom is 0.335 e. The number of methoxy groups -OCH3 is 1. The number of non-ortho nitro benzene ring substituents is 1. The van der Waals surface area contributed by atoms with Crippen LogP contribution in [0.4, 0.5) is 16.2 Å². The molecule has 0 saturated carbocycles. The molecule has 0 atom stereocenters. The lowest BCUT2D eigenvalue weighted by atomic mass is 10.1. The second-order valence-corrected chi connectivity index (χ2v) is 7.99. The van der Waals surface area contributed by atoms with E-state index in [1.807, 2.05) is 6.07 Å². The largest absolute Gasteiger partial charge is 0.497 e. The summed E-state index contributed by atoms with van der Waals surface area (Å²) in [7, 11) is 1.48. The van der Waals surface area contributed by atoms with Gasteiger partial charge < -0.3 is 9.47 Å². The average Bonchev–Trinajstić information content (AvgIpc) is 2.85. The van der Waals surface area contributed by atoms with Gasteiger partial charge in [0.15, 0.2) is 0 Å². The number of carbonyl (C=O) groups excluding carboxylic acids is 3. The molecule has 0 bridgehead atoms. The number of rotatable bonds is 7. The highest BCUT2D eigenvalue weighted by Gasteiger charge is 2.37. The number of nitrogens with zero attached hydrogens (tertiary/aromatic N) is 2. The van der Waals surface area contributed by atoms with Crippen LogP contribution in [0.2, 0.25) is 5.02 Å². The molecule has 4 rings (SSSR count). The highest BCUT2D eigenvalue weighted by atomic mass is 35.5. The van der Waals surface area contributed by atoms with Gasteiger partial charge in [-0.25, -0.2) is 9.69 Å². The first-order chi connectivity index (χ1) is 17.3. The summed E-state index contributed by atoms with van der Waals surface area (Å²) in [5.41, 5.74) is 0.418. The van der Waals surface area contributed by atoms with Crippen LogP contribution in [0.1, 0.15) is 11.1 Å². The van der Waals surface area contributed by atoms with Crippen molar-refractivity contribution in [1.29, 1.82) is 0 Å². The van der Waals surface area contributed by atoms with E-state index in [-0.39, 0.29) is 23.6 Å². The molecule has 0 aromatic heterocycles. The van der Waals surface area contributed by atoms with Crippen LogP contribution in [0.3, 0.4) is 0 Å². The summed E-state index contributed by atoms with van der Waals surface area (Å²) in [6.07, 6.45) is 1.28. The molecule has 36 heavy (non-hydrogen) atoms. The molecule has 0 aliphatic carbocycles. The fourth-order valence-corrected chi connectivity index (χ4v) is 3.68. The predicted molar refractivity (Wildman–Crippen MR) is 131 cm³/mol. The van der Waals surface area contributed by atoms with Crippen LogP contribution >= 0.6 is 11.6 Å². The first-order valence-electron chi connectivity index (χ1n) is 10.5. The molecule has 1 N–H and O–H groups in total. The maximum atomic E-state index is 13.2. The Morgan fingerprint density at radius 2 is 1.83 bits per heavy atom. The summed E-state index contributed by atoms with van der Waals surface area (Å²) in [5.74, 6) is -1.07. The number of ether oxygens (including phenoxy) is 2. The van der Waals surface area contributed by atoms with E-state index in [0.717, 1.165) is 11.6 Å². The molecule has 182 valence electrons. The predicted octanol–water partition coefficient (Wildman–Crippen LogP) is 4.50. The lowest BCUT2D eigenvalue weighted by Gasteiger charge is -2.26. The molecule has 10 nitrogen and oxygen atoms in total. The van der Waals surface area contributed by atoms with Crippen molar-refractivity contribution in [2.24, 2.45) is 0 Å². The summed E-state index contributed by atoms with van der Waals surface area (Å²) < 4.78 is 11.2. The Morgan fingerprint density at radius 1 is 1.06 bits per heavy atom. The summed E-state index contributed by atoms with van der Waals surface area (Å²) in [5, 5.41) is 13.8. The van der Waals surface area contributed by atoms with Crippen molar-refractivity contribution in [3.8, 4) is 11.5 Å². The van der Waals surface area contributed by atoms with Crippen LogP contribution < -0.4 is 19.7 Å². The molecule has 0 radical (unpaired) electrons. The third kappa shape index (κ3) is 5.18. The van der Waals surface area contributed by atoms with Crippen LogP contribution in [0.25, 0.3) is 6.08 Å². The van der Waals surface area contributed by atoms with E-state index in [0.29, 0.717) is 27.0 Å². The zero-order chi connectivity index (χ0) is 25.8. The van der Waals surface area contributed by atoms with Crippen molar-refractivity contribution >= 4 is 46.9 Å². The average molecular weight is 508 g/mol. The number of anilines is 1. The van der Waals surface area contributed by atoms with Crippen LogP contribution in [0.5, 0.6) is 11.5 Å². The minimum atomic E-state index is -1.02. The van der Waals surface area contributed by atoms with Gasteiger partial charge in [0.2, 0.25) is 0 Å². The Morgan fingerprint density at radius 3 is 2.56 bits per heavy atom. The standard InChI is InChI=1S/C25H18ClN3O7/c1-35-20-9-8-16(22(13-20)36-14-15-4-2-5-17(26)10-15)11-21-23(30)27-25(32)28(24(21)31)18-6-3-7-19(12-18)29(33)34/h2-13H,14H2,1H3,(H,27,30,32)/b21-11+. The van der Waals surface area contributed by atoms with E-state index in [2.05, 4.69) is 5.32 Å². The van der Waals surface area contributed by atoms with E-state index in [9.17, 15) is 24.5 Å². The number of urea groups is 1. The van der Waals surface area contributed by atoms with Gasteiger partial charge in [0.05, 0.1) is 17.7 Å². The van der Waals surface area contributed by atoms with Gasteiger partial charge in [0.1, 0.15) is 23.7 Å². The minimum absolute atomic E-state index is 0.0581. The molecule has 3 aromatic carbocycles. The molecule has 4 amide bonds. The number of nitrogens with one attached hydrogen (secondary N) is 1. The highest BCUT2D eigenvalue weighted by molar-refractivity contribution is 6.39. The molecule has 1 saturated heterocycles. The first-order valence-corrected chi connectivity index (χ1v) is 10.9. The molecular formula is C25H18ClN3O7. The van der Waals surface area contributed by atoms with Crippen LogP contribution in [0.15, 0.2) is 72.3 Å². The number of nitro benzene ring substituents is 1. The van der Waals surface area contributed by atoms with Gasteiger partial charge >= 0.3 is 6.03 Å². The first kappa shape index (κ1) is 24.4. The second kappa shape index (κ2) is 10.3. The van der Waals surface area contributed by atoms with Crippen LogP contribution in [-0.4, -0.2) is 29.9 Å². The van der Waals surface area contributed by atoms with Crippen molar-refractivity contribution in [1.82, 2.24) is 5.32 Å². The van der Waals surface area contributed by atoms with Crippen molar-refractivity contribution in [3.05, 3.63) is 98.6 Å². The minimum Gasteiger partial charge on any atom is -0.497 e. The third-order valence-electron chi connectivity index (χ3n) is 5.20. The number of hydrogen-bond acceptors (Lipinski definition) is 7. The number of halogens is 1. The monoisotopic (exact) mass is 507 g/mol. The normalized spacial score (nSPS) is 14.6. The van der Waals surface area contributed by atoms with Gasteiger partial charge in [-0.1, -0.05) is 29.8 Å². The van der Waals surface area contributed by atoms with Crippen LogP contribution in [0, 0.1) is 10.1 Å². The lowest BCUT2D eigenvalue weighted by Crippen LogP contribution is -2.54. The molecule has 1 aliphatic heterocycles. The Kier molecular flexibility index (Phi) is 6.98. The van der Waals surface area contributed by atoms with Gasteiger partial charge in [-0.2, -0.15) is 0 Å². The number of nitro groups is 1. The topological polar surface area (TPSA) is 128 Å². The molecular weight excluding hydrogens is 490 g/mol. The Bertz CT molecular complexity index is 1420. The lowest BCUT2D eigenvalue weighted by molar-refractivity contribution is -0.384. The van der Waals surface area contributed by atoms with E-state index < -0.39 is 22.8 Å². The number of imide groups is 2.